The summed E-state index contributed by atoms with van der Waals surface area (Å²) in [6.45, 7) is 10.5. The molecule has 0 aromatic carbocycles. The quantitative estimate of drug-likeness (QED) is 0.856. The van der Waals surface area contributed by atoms with E-state index in [4.69, 9.17) is 0 Å². The second kappa shape index (κ2) is 6.75. The third kappa shape index (κ3) is 4.08. The molecule has 1 atom stereocenters. The van der Waals surface area contributed by atoms with Gasteiger partial charge < -0.3 is 9.88 Å². The van der Waals surface area contributed by atoms with Gasteiger partial charge in [0.2, 0.25) is 0 Å². The molecule has 1 fully saturated rings. The molecule has 1 unspecified atom stereocenters. The lowest BCUT2D eigenvalue weighted by Crippen LogP contribution is -2.42. The Morgan fingerprint density at radius 2 is 2.00 bits per heavy atom. The highest BCUT2D eigenvalue weighted by Crippen LogP contribution is 2.40. The average Bonchev–Trinajstić information content (AvgIpc) is 2.92. The van der Waals surface area contributed by atoms with Crippen LogP contribution in [0.15, 0.2) is 18.7 Å². The number of hydrogen-bond donors (Lipinski definition) is 1. The Hall–Kier alpha value is -0.830. The SMILES string of the molecule is CCC(C)(C)C1CCC(NC(C)Cn2ccnc2)CC1. The second-order valence-electron chi connectivity index (χ2n) is 7.22. The zero-order valence-electron chi connectivity index (χ0n) is 13.6. The standard InChI is InChI=1S/C17H31N3/c1-5-17(3,4)15-6-8-16(9-7-15)19-14(2)12-20-11-10-18-13-20/h10-11,13-16,19H,5-9,12H2,1-4H3. The van der Waals surface area contributed by atoms with Crippen LogP contribution in [-0.4, -0.2) is 21.6 Å². The van der Waals surface area contributed by atoms with Crippen LogP contribution in [0.25, 0.3) is 0 Å². The van der Waals surface area contributed by atoms with Gasteiger partial charge in [-0.25, -0.2) is 4.98 Å². The summed E-state index contributed by atoms with van der Waals surface area (Å²) in [5.41, 5.74) is 0.521. The zero-order chi connectivity index (χ0) is 14.6. The van der Waals surface area contributed by atoms with Gasteiger partial charge in [0, 0.05) is 31.0 Å². The van der Waals surface area contributed by atoms with E-state index in [9.17, 15) is 0 Å². The number of imidazole rings is 1. The van der Waals surface area contributed by atoms with Crippen LogP contribution in [0.5, 0.6) is 0 Å². The van der Waals surface area contributed by atoms with Crippen LogP contribution >= 0.6 is 0 Å². The smallest absolute Gasteiger partial charge is 0.0946 e. The Morgan fingerprint density at radius 1 is 1.30 bits per heavy atom. The minimum absolute atomic E-state index is 0.518. The van der Waals surface area contributed by atoms with Crippen molar-refractivity contribution in [2.75, 3.05) is 0 Å². The van der Waals surface area contributed by atoms with E-state index in [1.807, 2.05) is 18.7 Å². The fourth-order valence-corrected chi connectivity index (χ4v) is 3.50. The molecule has 1 aliphatic carbocycles. The maximum Gasteiger partial charge on any atom is 0.0946 e. The predicted molar refractivity (Wildman–Crippen MR) is 84.6 cm³/mol. The van der Waals surface area contributed by atoms with Crippen molar-refractivity contribution < 1.29 is 0 Å². The first-order chi connectivity index (χ1) is 9.51. The molecule has 1 N–H and O–H groups in total. The van der Waals surface area contributed by atoms with Gasteiger partial charge >= 0.3 is 0 Å². The van der Waals surface area contributed by atoms with Crippen LogP contribution in [0.3, 0.4) is 0 Å². The van der Waals surface area contributed by atoms with Crippen LogP contribution < -0.4 is 5.32 Å². The fraction of sp³-hybridized carbons (Fsp3) is 0.824. The molecule has 20 heavy (non-hydrogen) atoms. The number of nitrogens with zero attached hydrogens (tertiary/aromatic N) is 2. The maximum absolute atomic E-state index is 4.10. The molecule has 2 rings (SSSR count). The highest BCUT2D eigenvalue weighted by atomic mass is 15.1. The maximum atomic E-state index is 4.10. The van der Waals surface area contributed by atoms with Gasteiger partial charge in [-0.3, -0.25) is 0 Å². The highest BCUT2D eigenvalue weighted by Gasteiger charge is 2.31. The number of hydrogen-bond acceptors (Lipinski definition) is 2. The average molecular weight is 277 g/mol. The predicted octanol–water partition coefficient (Wildman–Crippen LogP) is 3.86. The lowest BCUT2D eigenvalue weighted by molar-refractivity contribution is 0.133. The van der Waals surface area contributed by atoms with E-state index < -0.39 is 0 Å². The molecule has 0 aliphatic heterocycles. The molecule has 1 aromatic heterocycles. The Bertz CT molecular complexity index is 375. The van der Waals surface area contributed by atoms with E-state index in [0.29, 0.717) is 17.5 Å². The summed E-state index contributed by atoms with van der Waals surface area (Å²) in [4.78, 5) is 4.10. The van der Waals surface area contributed by atoms with E-state index in [1.54, 1.807) is 0 Å². The lowest BCUT2D eigenvalue weighted by atomic mass is 9.69. The molecule has 0 saturated heterocycles. The molecule has 0 radical (unpaired) electrons. The molecule has 1 heterocycles. The van der Waals surface area contributed by atoms with E-state index >= 15 is 0 Å². The number of nitrogens with one attached hydrogen (secondary N) is 1. The van der Waals surface area contributed by atoms with Crippen LogP contribution in [-0.2, 0) is 6.54 Å². The fourth-order valence-electron chi connectivity index (χ4n) is 3.50. The summed E-state index contributed by atoms with van der Waals surface area (Å²) in [5.74, 6) is 0.912. The first kappa shape index (κ1) is 15.6. The monoisotopic (exact) mass is 277 g/mol. The normalized spacial score (nSPS) is 25.6. The highest BCUT2D eigenvalue weighted by molar-refractivity contribution is 4.86. The Morgan fingerprint density at radius 3 is 2.55 bits per heavy atom. The van der Waals surface area contributed by atoms with Crippen molar-refractivity contribution in [1.82, 2.24) is 14.9 Å². The van der Waals surface area contributed by atoms with Gasteiger partial charge in [0.15, 0.2) is 0 Å². The molecule has 0 amide bonds. The van der Waals surface area contributed by atoms with Gasteiger partial charge in [-0.2, -0.15) is 0 Å². The van der Waals surface area contributed by atoms with Crippen LogP contribution in [0.4, 0.5) is 0 Å². The molecule has 0 spiro atoms. The third-order valence-electron chi connectivity index (χ3n) is 5.31. The van der Waals surface area contributed by atoms with Gasteiger partial charge in [0.1, 0.15) is 0 Å². The van der Waals surface area contributed by atoms with Gasteiger partial charge in [-0.05, 0) is 43.9 Å². The van der Waals surface area contributed by atoms with Crippen LogP contribution in [0.1, 0.15) is 59.8 Å². The molecule has 1 aromatic rings. The van der Waals surface area contributed by atoms with Crippen LogP contribution in [0.2, 0.25) is 0 Å². The van der Waals surface area contributed by atoms with E-state index in [0.717, 1.165) is 12.5 Å². The Labute approximate surface area is 124 Å². The van der Waals surface area contributed by atoms with Gasteiger partial charge in [-0.1, -0.05) is 27.2 Å². The van der Waals surface area contributed by atoms with Crippen LogP contribution in [0, 0.1) is 11.3 Å². The molecule has 1 aliphatic rings. The molecule has 114 valence electrons. The van der Waals surface area contributed by atoms with Crippen molar-refractivity contribution in [3.8, 4) is 0 Å². The second-order valence-corrected chi connectivity index (χ2v) is 7.22. The minimum Gasteiger partial charge on any atom is -0.336 e. The summed E-state index contributed by atoms with van der Waals surface area (Å²) < 4.78 is 2.16. The lowest BCUT2D eigenvalue weighted by Gasteiger charge is -2.39. The summed E-state index contributed by atoms with van der Waals surface area (Å²) in [7, 11) is 0. The Balaban J connectivity index is 1.74. The molecular weight excluding hydrogens is 246 g/mol. The van der Waals surface area contributed by atoms with E-state index in [2.05, 4.69) is 42.6 Å². The van der Waals surface area contributed by atoms with Crippen molar-refractivity contribution in [3.63, 3.8) is 0 Å². The first-order valence-corrected chi connectivity index (χ1v) is 8.23. The van der Waals surface area contributed by atoms with Gasteiger partial charge in [0.25, 0.3) is 0 Å². The molecular formula is C17H31N3. The summed E-state index contributed by atoms with van der Waals surface area (Å²) in [6.07, 6.45) is 12.5. The summed E-state index contributed by atoms with van der Waals surface area (Å²) >= 11 is 0. The molecule has 3 nitrogen and oxygen atoms in total. The van der Waals surface area contributed by atoms with Crippen molar-refractivity contribution >= 4 is 0 Å². The zero-order valence-corrected chi connectivity index (χ0v) is 13.6. The van der Waals surface area contributed by atoms with Gasteiger partial charge in [-0.15, -0.1) is 0 Å². The van der Waals surface area contributed by atoms with Crippen molar-refractivity contribution in [2.45, 2.75) is 78.4 Å². The molecule has 1 saturated carbocycles. The third-order valence-corrected chi connectivity index (χ3v) is 5.31. The Kier molecular flexibility index (Phi) is 5.25. The van der Waals surface area contributed by atoms with Crippen molar-refractivity contribution in [2.24, 2.45) is 11.3 Å². The van der Waals surface area contributed by atoms with Crippen molar-refractivity contribution in [1.29, 1.82) is 0 Å². The minimum atomic E-state index is 0.518. The van der Waals surface area contributed by atoms with Crippen molar-refractivity contribution in [3.05, 3.63) is 18.7 Å². The number of rotatable bonds is 6. The largest absolute Gasteiger partial charge is 0.336 e. The molecule has 0 bridgehead atoms. The summed E-state index contributed by atoms with van der Waals surface area (Å²) in [5, 5.41) is 3.80. The molecule has 3 heteroatoms. The topological polar surface area (TPSA) is 29.9 Å². The van der Waals surface area contributed by atoms with E-state index in [-0.39, 0.29) is 0 Å². The first-order valence-electron chi connectivity index (χ1n) is 8.23. The van der Waals surface area contributed by atoms with Gasteiger partial charge in [0.05, 0.1) is 6.33 Å². The number of aromatic nitrogens is 2. The summed E-state index contributed by atoms with van der Waals surface area (Å²) in [6, 6.07) is 1.22. The van der Waals surface area contributed by atoms with E-state index in [1.165, 1.54) is 32.1 Å².